The highest BCUT2D eigenvalue weighted by Crippen LogP contribution is 2.36. The number of methoxy groups -OCH3 is 1. The first-order chi connectivity index (χ1) is 20.5. The third kappa shape index (κ3) is 7.97. The summed E-state index contributed by atoms with van der Waals surface area (Å²) in [5, 5.41) is 3.17. The minimum Gasteiger partial charge on any atom is -0.497 e. The first-order valence-corrected chi connectivity index (χ1v) is 13.8. The number of hydrogen-bond donors (Lipinski definition) is 4. The van der Waals surface area contributed by atoms with Crippen molar-refractivity contribution in [3.05, 3.63) is 76.6 Å². The molecule has 11 nitrogen and oxygen atoms in total. The normalized spacial score (nSPS) is 11.1. The van der Waals surface area contributed by atoms with Crippen LogP contribution < -0.4 is 36.6 Å². The molecule has 1 aromatic heterocycles. The van der Waals surface area contributed by atoms with Crippen molar-refractivity contribution in [3.63, 3.8) is 0 Å². The summed E-state index contributed by atoms with van der Waals surface area (Å²) in [6, 6.07) is 18.7. The van der Waals surface area contributed by atoms with Crippen LogP contribution in [0.15, 0.2) is 65.5 Å². The van der Waals surface area contributed by atoms with Gasteiger partial charge in [0, 0.05) is 0 Å². The molecule has 0 spiro atoms. The fourth-order valence-electron chi connectivity index (χ4n) is 4.20. The largest absolute Gasteiger partial charge is 0.497 e. The van der Waals surface area contributed by atoms with Crippen molar-refractivity contribution in [3.8, 4) is 39.8 Å². The van der Waals surface area contributed by atoms with Crippen LogP contribution in [0.5, 0.6) is 17.2 Å². The molecule has 0 radical (unpaired) electrons. The predicted molar refractivity (Wildman–Crippen MR) is 167 cm³/mol. The zero-order valence-corrected chi connectivity index (χ0v) is 24.9. The molecule has 3 aromatic carbocycles. The van der Waals surface area contributed by atoms with E-state index >= 15 is 0 Å². The van der Waals surface area contributed by atoms with Gasteiger partial charge in [0.25, 0.3) is 5.56 Å². The van der Waals surface area contributed by atoms with Crippen LogP contribution in [0.25, 0.3) is 22.5 Å². The summed E-state index contributed by atoms with van der Waals surface area (Å²) in [5.74, 6) is 1.60. The van der Waals surface area contributed by atoms with Gasteiger partial charge in [-0.2, -0.15) is 0 Å². The molecule has 11 heteroatoms. The van der Waals surface area contributed by atoms with E-state index in [0.29, 0.717) is 36.0 Å². The molecule has 43 heavy (non-hydrogen) atoms. The van der Waals surface area contributed by atoms with Crippen molar-refractivity contribution in [1.29, 1.82) is 0 Å². The third-order valence-electron chi connectivity index (χ3n) is 6.23. The summed E-state index contributed by atoms with van der Waals surface area (Å²) in [7, 11) is 1.62. The highest BCUT2D eigenvalue weighted by molar-refractivity contribution is 5.80. The van der Waals surface area contributed by atoms with E-state index in [-0.39, 0.29) is 23.9 Å². The van der Waals surface area contributed by atoms with Gasteiger partial charge in [0.15, 0.2) is 5.82 Å². The number of aromatic amines is 1. The third-order valence-corrected chi connectivity index (χ3v) is 6.23. The summed E-state index contributed by atoms with van der Waals surface area (Å²) < 4.78 is 22.8. The number of nitrogen functional groups attached to an aromatic ring is 2. The molecule has 0 aliphatic heterocycles. The Bertz CT molecular complexity index is 1640. The van der Waals surface area contributed by atoms with E-state index in [9.17, 15) is 9.59 Å². The molecule has 226 valence electrons. The average Bonchev–Trinajstić information content (AvgIpc) is 2.97. The summed E-state index contributed by atoms with van der Waals surface area (Å²) in [5.41, 5.74) is 14.0. The SMILES string of the molecule is CCOc1cc(-c2ccc(OCc3ccc(OC)cc3)c(NCC(=O)OC(C)(C)C)c2)ccc1-c1nc(N)c(N)c(=O)[nH]1. The molecule has 0 atom stereocenters. The lowest BCUT2D eigenvalue weighted by Gasteiger charge is -2.20. The van der Waals surface area contributed by atoms with Gasteiger partial charge in [-0.05, 0) is 80.8 Å². The second-order valence-corrected chi connectivity index (χ2v) is 10.6. The summed E-state index contributed by atoms with van der Waals surface area (Å²) in [4.78, 5) is 31.6. The molecule has 0 unspecified atom stereocenters. The number of H-pyrrole nitrogens is 1. The number of anilines is 3. The lowest BCUT2D eigenvalue weighted by molar-refractivity contribution is -0.152. The molecular formula is C32H37N5O6. The van der Waals surface area contributed by atoms with Gasteiger partial charge < -0.3 is 40.7 Å². The van der Waals surface area contributed by atoms with Crippen LogP contribution in [0.4, 0.5) is 17.2 Å². The highest BCUT2D eigenvalue weighted by atomic mass is 16.6. The Hall–Kier alpha value is -5.19. The average molecular weight is 588 g/mol. The number of rotatable bonds is 11. The van der Waals surface area contributed by atoms with Gasteiger partial charge in [0.1, 0.15) is 47.5 Å². The monoisotopic (exact) mass is 587 g/mol. The Morgan fingerprint density at radius 2 is 1.65 bits per heavy atom. The molecule has 0 amide bonds. The van der Waals surface area contributed by atoms with Gasteiger partial charge in [-0.15, -0.1) is 0 Å². The molecule has 4 aromatic rings. The summed E-state index contributed by atoms with van der Waals surface area (Å²) in [6.07, 6.45) is 0. The van der Waals surface area contributed by atoms with Crippen LogP contribution in [-0.4, -0.2) is 41.8 Å². The van der Waals surface area contributed by atoms with Crippen molar-refractivity contribution >= 4 is 23.2 Å². The summed E-state index contributed by atoms with van der Waals surface area (Å²) in [6.45, 7) is 7.95. The topological polar surface area (TPSA) is 164 Å². The molecule has 0 aliphatic carbocycles. The zero-order valence-electron chi connectivity index (χ0n) is 24.9. The van der Waals surface area contributed by atoms with Crippen LogP contribution in [0.1, 0.15) is 33.3 Å². The molecule has 0 saturated carbocycles. The first-order valence-electron chi connectivity index (χ1n) is 13.8. The number of carbonyl (C=O) groups excluding carboxylic acids is 1. The van der Waals surface area contributed by atoms with Crippen molar-refractivity contribution in [2.24, 2.45) is 0 Å². The highest BCUT2D eigenvalue weighted by Gasteiger charge is 2.18. The Morgan fingerprint density at radius 1 is 0.953 bits per heavy atom. The molecule has 0 bridgehead atoms. The molecule has 1 heterocycles. The number of nitrogens with zero attached hydrogens (tertiary/aromatic N) is 1. The number of nitrogens with one attached hydrogen (secondary N) is 2. The molecule has 6 N–H and O–H groups in total. The Balaban J connectivity index is 1.66. The smallest absolute Gasteiger partial charge is 0.325 e. The quantitative estimate of drug-likeness (QED) is 0.175. The van der Waals surface area contributed by atoms with Crippen LogP contribution in [0.3, 0.4) is 0 Å². The van der Waals surface area contributed by atoms with Crippen molar-refractivity contribution in [2.75, 3.05) is 37.0 Å². The fourth-order valence-corrected chi connectivity index (χ4v) is 4.20. The van der Waals surface area contributed by atoms with E-state index < -0.39 is 17.1 Å². The van der Waals surface area contributed by atoms with Gasteiger partial charge >= 0.3 is 5.97 Å². The zero-order chi connectivity index (χ0) is 31.1. The minimum absolute atomic E-state index is 0.0552. The van der Waals surface area contributed by atoms with Crippen molar-refractivity contribution < 1.29 is 23.7 Å². The molecule has 0 fully saturated rings. The number of esters is 1. The fraction of sp³-hybridized carbons (Fsp3) is 0.281. The lowest BCUT2D eigenvalue weighted by atomic mass is 10.0. The Labute approximate surface area is 250 Å². The number of carbonyl (C=O) groups is 1. The minimum atomic E-state index is -0.611. The molecule has 4 rings (SSSR count). The lowest BCUT2D eigenvalue weighted by Crippen LogP contribution is -2.28. The van der Waals surface area contributed by atoms with E-state index in [2.05, 4.69) is 15.3 Å². The summed E-state index contributed by atoms with van der Waals surface area (Å²) >= 11 is 0. The number of hydrogen-bond acceptors (Lipinski definition) is 10. The second kappa shape index (κ2) is 13.2. The number of ether oxygens (including phenoxy) is 4. The van der Waals surface area contributed by atoms with Crippen LogP contribution >= 0.6 is 0 Å². The van der Waals surface area contributed by atoms with Crippen molar-refractivity contribution in [1.82, 2.24) is 9.97 Å². The van der Waals surface area contributed by atoms with Crippen LogP contribution in [-0.2, 0) is 16.1 Å². The van der Waals surface area contributed by atoms with Gasteiger partial charge in [-0.3, -0.25) is 9.59 Å². The van der Waals surface area contributed by atoms with Crippen molar-refractivity contribution in [2.45, 2.75) is 39.9 Å². The number of nitrogens with two attached hydrogens (primary N) is 2. The standard InChI is InChI=1S/C32H37N5O6/c1-6-41-26-16-21(9-13-23(26)30-36-29(34)28(33)31(39)37-30)20-10-14-25(42-18-19-7-11-22(40-5)12-8-19)24(15-20)35-17-27(38)43-32(2,3)4/h7-16,35H,6,17-18,33H2,1-5H3,(H3,34,36,37,39). The predicted octanol–water partition coefficient (Wildman–Crippen LogP) is 5.01. The van der Waals surface area contributed by atoms with Gasteiger partial charge in [-0.1, -0.05) is 24.3 Å². The van der Waals surface area contributed by atoms with Gasteiger partial charge in [0.05, 0.1) is 25.0 Å². The second-order valence-electron chi connectivity index (χ2n) is 10.6. The Kier molecular flexibility index (Phi) is 9.44. The maximum Gasteiger partial charge on any atom is 0.325 e. The van der Waals surface area contributed by atoms with Crippen LogP contribution in [0.2, 0.25) is 0 Å². The number of aromatic nitrogens is 2. The van der Waals surface area contributed by atoms with E-state index in [0.717, 1.165) is 22.4 Å². The number of benzene rings is 3. The maximum atomic E-state index is 12.5. The van der Waals surface area contributed by atoms with E-state index in [1.807, 2.05) is 82.3 Å². The van der Waals surface area contributed by atoms with Gasteiger partial charge in [-0.25, -0.2) is 4.98 Å². The van der Waals surface area contributed by atoms with E-state index in [4.69, 9.17) is 30.4 Å². The maximum absolute atomic E-state index is 12.5. The molecular weight excluding hydrogens is 550 g/mol. The molecule has 0 saturated heterocycles. The first kappa shape index (κ1) is 30.8. The molecule has 0 aliphatic rings. The Morgan fingerprint density at radius 3 is 2.30 bits per heavy atom. The van der Waals surface area contributed by atoms with E-state index in [1.54, 1.807) is 13.2 Å². The van der Waals surface area contributed by atoms with Gasteiger partial charge in [0.2, 0.25) is 0 Å². The van der Waals surface area contributed by atoms with E-state index in [1.165, 1.54) is 0 Å². The van der Waals surface area contributed by atoms with Crippen LogP contribution in [0, 0.1) is 0 Å².